The van der Waals surface area contributed by atoms with Crippen molar-refractivity contribution >= 4 is 34.8 Å². The predicted octanol–water partition coefficient (Wildman–Crippen LogP) is 5.07. The summed E-state index contributed by atoms with van der Waals surface area (Å²) in [6, 6.07) is 9.69. The molecule has 21 heavy (non-hydrogen) atoms. The molecule has 0 unspecified atom stereocenters. The van der Waals surface area contributed by atoms with Crippen LogP contribution in [0.15, 0.2) is 40.9 Å². The Kier molecular flexibility index (Phi) is 3.76. The maximum Gasteiger partial charge on any atom is 0.258 e. The first-order chi connectivity index (χ1) is 10.0. The maximum absolute atomic E-state index is 9.40. The molecule has 0 saturated carbocycles. The van der Waals surface area contributed by atoms with Gasteiger partial charge in [-0.2, -0.15) is 4.98 Å². The van der Waals surface area contributed by atoms with Crippen LogP contribution in [0.3, 0.4) is 0 Å². The Hall–Kier alpha value is -1.75. The molecule has 1 aromatic heterocycles. The highest BCUT2D eigenvalue weighted by Gasteiger charge is 2.13. The van der Waals surface area contributed by atoms with Gasteiger partial charge in [0, 0.05) is 11.1 Å². The Balaban J connectivity index is 1.99. The van der Waals surface area contributed by atoms with Gasteiger partial charge >= 0.3 is 0 Å². The van der Waals surface area contributed by atoms with E-state index in [1.54, 1.807) is 30.3 Å². The molecule has 3 aromatic rings. The first-order valence-corrected chi connectivity index (χ1v) is 6.96. The third-order valence-electron chi connectivity index (χ3n) is 2.80. The SMILES string of the molecule is Oc1ccc(-c2nc(-c3ccc(Cl)c(Cl)c3)no2)cc1Cl. The average Bonchev–Trinajstić information content (AvgIpc) is 2.94. The van der Waals surface area contributed by atoms with Crippen molar-refractivity contribution in [3.63, 3.8) is 0 Å². The first kappa shape index (κ1) is 14.2. The number of aromatic hydroxyl groups is 1. The van der Waals surface area contributed by atoms with Crippen LogP contribution in [0.25, 0.3) is 22.8 Å². The number of rotatable bonds is 2. The normalized spacial score (nSPS) is 10.8. The predicted molar refractivity (Wildman–Crippen MR) is 81.9 cm³/mol. The van der Waals surface area contributed by atoms with Crippen LogP contribution in [-0.2, 0) is 0 Å². The van der Waals surface area contributed by atoms with Gasteiger partial charge in [0.25, 0.3) is 5.89 Å². The van der Waals surface area contributed by atoms with Gasteiger partial charge in [-0.1, -0.05) is 40.0 Å². The number of benzene rings is 2. The van der Waals surface area contributed by atoms with Crippen molar-refractivity contribution in [2.45, 2.75) is 0 Å². The fraction of sp³-hybridized carbons (Fsp3) is 0. The molecule has 7 heteroatoms. The van der Waals surface area contributed by atoms with Gasteiger partial charge in [-0.3, -0.25) is 0 Å². The Labute approximate surface area is 134 Å². The van der Waals surface area contributed by atoms with E-state index in [1.807, 2.05) is 0 Å². The summed E-state index contributed by atoms with van der Waals surface area (Å²) in [6.45, 7) is 0. The Bertz CT molecular complexity index is 752. The average molecular weight is 342 g/mol. The first-order valence-electron chi connectivity index (χ1n) is 5.82. The van der Waals surface area contributed by atoms with Crippen molar-refractivity contribution in [3.05, 3.63) is 51.5 Å². The van der Waals surface area contributed by atoms with E-state index in [0.717, 1.165) is 0 Å². The Morgan fingerprint density at radius 2 is 1.57 bits per heavy atom. The molecule has 4 nitrogen and oxygen atoms in total. The summed E-state index contributed by atoms with van der Waals surface area (Å²) in [5.74, 6) is 0.662. The second-order valence-electron chi connectivity index (χ2n) is 4.22. The van der Waals surface area contributed by atoms with Gasteiger partial charge in [0.2, 0.25) is 5.82 Å². The number of phenolic OH excluding ortho intramolecular Hbond substituents is 1. The van der Waals surface area contributed by atoms with Gasteiger partial charge in [-0.15, -0.1) is 0 Å². The second-order valence-corrected chi connectivity index (χ2v) is 5.44. The Morgan fingerprint density at radius 3 is 2.29 bits per heavy atom. The quantitative estimate of drug-likeness (QED) is 0.707. The van der Waals surface area contributed by atoms with Crippen LogP contribution in [0.1, 0.15) is 0 Å². The topological polar surface area (TPSA) is 59.2 Å². The maximum atomic E-state index is 9.40. The van der Waals surface area contributed by atoms with Crippen molar-refractivity contribution in [2.75, 3.05) is 0 Å². The summed E-state index contributed by atoms with van der Waals surface area (Å²) in [4.78, 5) is 4.27. The summed E-state index contributed by atoms with van der Waals surface area (Å²) in [5.41, 5.74) is 1.29. The fourth-order valence-corrected chi connectivity index (χ4v) is 2.21. The zero-order valence-electron chi connectivity index (χ0n) is 10.3. The van der Waals surface area contributed by atoms with Crippen LogP contribution < -0.4 is 0 Å². The third kappa shape index (κ3) is 2.83. The van der Waals surface area contributed by atoms with Crippen LogP contribution >= 0.6 is 34.8 Å². The molecule has 2 aromatic carbocycles. The molecule has 1 heterocycles. The van der Waals surface area contributed by atoms with E-state index in [0.29, 0.717) is 27.0 Å². The summed E-state index contributed by atoms with van der Waals surface area (Å²) in [5, 5.41) is 14.4. The molecule has 0 aliphatic carbocycles. The molecule has 0 saturated heterocycles. The molecular weight excluding hydrogens is 335 g/mol. The number of nitrogens with zero attached hydrogens (tertiary/aromatic N) is 2. The highest BCUT2D eigenvalue weighted by Crippen LogP contribution is 2.31. The van der Waals surface area contributed by atoms with Gasteiger partial charge in [0.1, 0.15) is 5.75 Å². The lowest BCUT2D eigenvalue weighted by molar-refractivity contribution is 0.432. The molecule has 0 aliphatic rings. The second kappa shape index (κ2) is 5.56. The van der Waals surface area contributed by atoms with Crippen molar-refractivity contribution in [3.8, 4) is 28.6 Å². The van der Waals surface area contributed by atoms with Crippen LogP contribution in [0, 0.1) is 0 Å². The van der Waals surface area contributed by atoms with E-state index in [-0.39, 0.29) is 16.7 Å². The molecule has 3 rings (SSSR count). The molecule has 0 spiro atoms. The van der Waals surface area contributed by atoms with Crippen molar-refractivity contribution in [1.29, 1.82) is 0 Å². The number of hydrogen-bond acceptors (Lipinski definition) is 4. The smallest absolute Gasteiger partial charge is 0.258 e. The molecule has 0 amide bonds. The standard InChI is InChI=1S/C14H7Cl3N2O2/c15-9-3-1-7(5-10(9)16)13-18-14(21-19-13)8-2-4-12(20)11(17)6-8/h1-6,20H. The largest absolute Gasteiger partial charge is 0.506 e. The summed E-state index contributed by atoms with van der Waals surface area (Å²) in [7, 11) is 0. The number of aromatic nitrogens is 2. The monoisotopic (exact) mass is 340 g/mol. The lowest BCUT2D eigenvalue weighted by atomic mass is 10.2. The third-order valence-corrected chi connectivity index (χ3v) is 3.84. The highest BCUT2D eigenvalue weighted by atomic mass is 35.5. The minimum atomic E-state index is -0.00959. The minimum Gasteiger partial charge on any atom is -0.506 e. The minimum absolute atomic E-state index is 0.00959. The lowest BCUT2D eigenvalue weighted by Crippen LogP contribution is -1.82. The number of phenols is 1. The van der Waals surface area contributed by atoms with E-state index in [2.05, 4.69) is 10.1 Å². The van der Waals surface area contributed by atoms with E-state index >= 15 is 0 Å². The van der Waals surface area contributed by atoms with Crippen molar-refractivity contribution in [2.24, 2.45) is 0 Å². The zero-order chi connectivity index (χ0) is 15.0. The van der Waals surface area contributed by atoms with Crippen molar-refractivity contribution < 1.29 is 9.63 Å². The van der Waals surface area contributed by atoms with E-state index < -0.39 is 0 Å². The molecular formula is C14H7Cl3N2O2. The zero-order valence-corrected chi connectivity index (χ0v) is 12.6. The number of halogens is 3. The van der Waals surface area contributed by atoms with E-state index in [4.69, 9.17) is 39.3 Å². The molecule has 1 N–H and O–H groups in total. The molecule has 0 fully saturated rings. The molecule has 0 atom stereocenters. The summed E-state index contributed by atoms with van der Waals surface area (Å²) >= 11 is 17.7. The van der Waals surface area contributed by atoms with E-state index in [9.17, 15) is 5.11 Å². The number of hydrogen-bond donors (Lipinski definition) is 1. The molecule has 0 aliphatic heterocycles. The van der Waals surface area contributed by atoms with Crippen molar-refractivity contribution in [1.82, 2.24) is 10.1 Å². The highest BCUT2D eigenvalue weighted by molar-refractivity contribution is 6.42. The molecule has 0 radical (unpaired) electrons. The van der Waals surface area contributed by atoms with E-state index in [1.165, 1.54) is 6.07 Å². The summed E-state index contributed by atoms with van der Waals surface area (Å²) in [6.07, 6.45) is 0. The van der Waals surface area contributed by atoms with Gasteiger partial charge in [0.15, 0.2) is 0 Å². The van der Waals surface area contributed by atoms with Gasteiger partial charge < -0.3 is 9.63 Å². The van der Waals surface area contributed by atoms with Gasteiger partial charge in [-0.25, -0.2) is 0 Å². The molecule has 0 bridgehead atoms. The lowest BCUT2D eigenvalue weighted by Gasteiger charge is -1.98. The van der Waals surface area contributed by atoms with Gasteiger partial charge in [0.05, 0.1) is 15.1 Å². The molecule has 106 valence electrons. The Morgan fingerprint density at radius 1 is 0.857 bits per heavy atom. The fourth-order valence-electron chi connectivity index (χ4n) is 1.73. The summed E-state index contributed by atoms with van der Waals surface area (Å²) < 4.78 is 5.19. The van der Waals surface area contributed by atoms with Crippen LogP contribution in [0.2, 0.25) is 15.1 Å². The van der Waals surface area contributed by atoms with Crippen LogP contribution in [0.5, 0.6) is 5.75 Å². The van der Waals surface area contributed by atoms with Crippen LogP contribution in [0.4, 0.5) is 0 Å². The van der Waals surface area contributed by atoms with Gasteiger partial charge in [-0.05, 0) is 36.4 Å². The van der Waals surface area contributed by atoms with Crippen LogP contribution in [-0.4, -0.2) is 15.2 Å².